The molecule has 0 spiro atoms. The molecule has 0 aliphatic carbocycles. The van der Waals surface area contributed by atoms with Crippen LogP contribution in [0.5, 0.6) is 11.6 Å². The number of aromatic nitrogens is 5. The molecule has 0 amide bonds. The summed E-state index contributed by atoms with van der Waals surface area (Å²) in [5.74, 6) is 1.85. The molecule has 8 nitrogen and oxygen atoms in total. The predicted molar refractivity (Wildman–Crippen MR) is 115 cm³/mol. The van der Waals surface area contributed by atoms with Crippen molar-refractivity contribution in [3.63, 3.8) is 0 Å². The highest BCUT2D eigenvalue weighted by Gasteiger charge is 2.14. The summed E-state index contributed by atoms with van der Waals surface area (Å²) >= 11 is 7.76. The first kappa shape index (κ1) is 18.7. The fraction of sp³-hybridized carbons (Fsp3) is 0.150. The van der Waals surface area contributed by atoms with E-state index < -0.39 is 0 Å². The second-order valence-electron chi connectivity index (χ2n) is 6.54. The minimum absolute atomic E-state index is 0.407. The normalized spacial score (nSPS) is 11.3. The van der Waals surface area contributed by atoms with Crippen molar-refractivity contribution in [2.75, 3.05) is 11.9 Å². The largest absolute Gasteiger partial charge is 0.438 e. The van der Waals surface area contributed by atoms with E-state index in [0.717, 1.165) is 28.0 Å². The van der Waals surface area contributed by atoms with E-state index in [1.807, 2.05) is 36.6 Å². The molecule has 0 atom stereocenters. The Balaban J connectivity index is 1.25. The summed E-state index contributed by atoms with van der Waals surface area (Å²) in [7, 11) is 0. The van der Waals surface area contributed by atoms with Crippen LogP contribution in [0.3, 0.4) is 0 Å². The SMILES string of the molecule is Cc1noc2ncnc(Oc3ccc(CCNc4ncnc5scc(Cl)c45)cc3)c12. The van der Waals surface area contributed by atoms with Gasteiger partial charge in [-0.3, -0.25) is 0 Å². The Bertz CT molecular complexity index is 1330. The maximum atomic E-state index is 6.25. The quantitative estimate of drug-likeness (QED) is 0.394. The lowest BCUT2D eigenvalue weighted by molar-refractivity contribution is 0.440. The van der Waals surface area contributed by atoms with Crippen LogP contribution < -0.4 is 10.1 Å². The Labute approximate surface area is 179 Å². The van der Waals surface area contributed by atoms with Gasteiger partial charge in [-0.1, -0.05) is 28.9 Å². The average Bonchev–Trinajstić information content (AvgIpc) is 3.33. The van der Waals surface area contributed by atoms with Crippen molar-refractivity contribution in [1.82, 2.24) is 25.1 Å². The zero-order valence-electron chi connectivity index (χ0n) is 15.8. The number of hydrogen-bond donors (Lipinski definition) is 1. The van der Waals surface area contributed by atoms with Gasteiger partial charge in [-0.15, -0.1) is 11.3 Å². The van der Waals surface area contributed by atoms with Crippen LogP contribution in [0.25, 0.3) is 21.3 Å². The van der Waals surface area contributed by atoms with Crippen LogP contribution in [0.4, 0.5) is 5.82 Å². The smallest absolute Gasteiger partial charge is 0.264 e. The van der Waals surface area contributed by atoms with Crippen molar-refractivity contribution in [3.8, 4) is 11.6 Å². The summed E-state index contributed by atoms with van der Waals surface area (Å²) in [6.45, 7) is 2.54. The molecule has 10 heteroatoms. The van der Waals surface area contributed by atoms with E-state index in [9.17, 15) is 0 Å². The van der Waals surface area contributed by atoms with Crippen molar-refractivity contribution < 1.29 is 9.26 Å². The molecular weight excluding hydrogens is 424 g/mol. The first-order valence-corrected chi connectivity index (χ1v) is 10.4. The zero-order valence-corrected chi connectivity index (χ0v) is 17.4. The van der Waals surface area contributed by atoms with Crippen molar-refractivity contribution in [3.05, 3.63) is 58.6 Å². The first-order chi connectivity index (χ1) is 14.7. The Hall–Kier alpha value is -3.30. The molecule has 30 heavy (non-hydrogen) atoms. The standard InChI is InChI=1S/C20H15ClN6O2S/c1-11-15-18(24-10-25-19(15)29-27-11)28-13-4-2-12(3-5-13)6-7-22-17-16-14(21)8-30-20(16)26-9-23-17/h2-5,8-10H,6-7H2,1H3,(H,22,23,26). The van der Waals surface area contributed by atoms with Crippen LogP contribution in [-0.2, 0) is 6.42 Å². The Morgan fingerprint density at radius 1 is 1.07 bits per heavy atom. The third kappa shape index (κ3) is 3.53. The van der Waals surface area contributed by atoms with E-state index in [4.69, 9.17) is 20.9 Å². The molecule has 4 heterocycles. The van der Waals surface area contributed by atoms with Gasteiger partial charge in [0.2, 0.25) is 5.88 Å². The molecule has 0 bridgehead atoms. The van der Waals surface area contributed by atoms with E-state index in [-0.39, 0.29) is 0 Å². The number of benzene rings is 1. The van der Waals surface area contributed by atoms with Gasteiger partial charge in [0, 0.05) is 11.9 Å². The number of ether oxygens (including phenoxy) is 1. The summed E-state index contributed by atoms with van der Waals surface area (Å²) in [6, 6.07) is 7.85. The highest BCUT2D eigenvalue weighted by atomic mass is 35.5. The van der Waals surface area contributed by atoms with E-state index >= 15 is 0 Å². The number of aryl methyl sites for hydroxylation is 1. The summed E-state index contributed by atoms with van der Waals surface area (Å²) in [4.78, 5) is 17.7. The summed E-state index contributed by atoms with van der Waals surface area (Å²) in [5, 5.41) is 11.3. The molecule has 0 saturated carbocycles. The summed E-state index contributed by atoms with van der Waals surface area (Å²) in [6.07, 6.45) is 3.76. The fourth-order valence-corrected chi connectivity index (χ4v) is 4.24. The molecule has 4 aromatic heterocycles. The first-order valence-electron chi connectivity index (χ1n) is 9.14. The second-order valence-corrected chi connectivity index (χ2v) is 7.80. The van der Waals surface area contributed by atoms with Gasteiger partial charge >= 0.3 is 0 Å². The van der Waals surface area contributed by atoms with E-state index in [2.05, 4.69) is 30.4 Å². The zero-order chi connectivity index (χ0) is 20.5. The molecule has 0 unspecified atom stereocenters. The van der Waals surface area contributed by atoms with E-state index in [1.54, 1.807) is 6.33 Å². The molecule has 5 rings (SSSR count). The third-order valence-corrected chi connectivity index (χ3v) is 5.89. The Morgan fingerprint density at radius 3 is 2.77 bits per heavy atom. The molecule has 1 N–H and O–H groups in total. The number of nitrogens with zero attached hydrogens (tertiary/aromatic N) is 5. The van der Waals surface area contributed by atoms with Gasteiger partial charge in [-0.2, -0.15) is 4.98 Å². The maximum absolute atomic E-state index is 6.25. The predicted octanol–water partition coefficient (Wildman–Crippen LogP) is 5.03. The number of fused-ring (bicyclic) bond motifs is 2. The van der Waals surface area contributed by atoms with Crippen LogP contribution >= 0.6 is 22.9 Å². The highest BCUT2D eigenvalue weighted by molar-refractivity contribution is 7.17. The molecule has 5 aromatic rings. The molecule has 0 aliphatic rings. The maximum Gasteiger partial charge on any atom is 0.264 e. The molecule has 1 aromatic carbocycles. The lowest BCUT2D eigenvalue weighted by Gasteiger charge is -2.08. The molecule has 0 fully saturated rings. The van der Waals surface area contributed by atoms with Gasteiger partial charge in [-0.05, 0) is 31.0 Å². The van der Waals surface area contributed by atoms with E-state index in [0.29, 0.717) is 40.0 Å². The summed E-state index contributed by atoms with van der Waals surface area (Å²) in [5.41, 5.74) is 2.25. The van der Waals surface area contributed by atoms with E-state index in [1.165, 1.54) is 17.7 Å². The van der Waals surface area contributed by atoms with Gasteiger partial charge < -0.3 is 14.6 Å². The monoisotopic (exact) mass is 438 g/mol. The summed E-state index contributed by atoms with van der Waals surface area (Å²) < 4.78 is 11.1. The van der Waals surface area contributed by atoms with Crippen LogP contribution in [0, 0.1) is 6.92 Å². The molecular formula is C20H15ClN6O2S. The van der Waals surface area contributed by atoms with Gasteiger partial charge in [0.1, 0.15) is 34.4 Å². The molecule has 0 radical (unpaired) electrons. The number of hydrogen-bond acceptors (Lipinski definition) is 9. The van der Waals surface area contributed by atoms with Crippen molar-refractivity contribution >= 4 is 50.1 Å². The minimum Gasteiger partial charge on any atom is -0.438 e. The number of thiophene rings is 1. The lowest BCUT2D eigenvalue weighted by Crippen LogP contribution is -2.06. The molecule has 0 saturated heterocycles. The second kappa shape index (κ2) is 7.85. The van der Waals surface area contributed by atoms with Gasteiger partial charge in [-0.25, -0.2) is 15.0 Å². The molecule has 150 valence electrons. The van der Waals surface area contributed by atoms with Crippen LogP contribution in [0.15, 0.2) is 46.8 Å². The Kier molecular flexibility index (Phi) is 4.89. The minimum atomic E-state index is 0.407. The van der Waals surface area contributed by atoms with Crippen molar-refractivity contribution in [2.45, 2.75) is 13.3 Å². The number of rotatable bonds is 6. The van der Waals surface area contributed by atoms with Crippen LogP contribution in [-0.4, -0.2) is 31.6 Å². The fourth-order valence-electron chi connectivity index (χ4n) is 3.10. The topological polar surface area (TPSA) is 98.9 Å². The van der Waals surface area contributed by atoms with Crippen molar-refractivity contribution in [1.29, 1.82) is 0 Å². The lowest BCUT2D eigenvalue weighted by atomic mass is 10.1. The van der Waals surface area contributed by atoms with Crippen LogP contribution in [0.1, 0.15) is 11.3 Å². The average molecular weight is 439 g/mol. The number of nitrogens with one attached hydrogen (secondary N) is 1. The van der Waals surface area contributed by atoms with Crippen LogP contribution in [0.2, 0.25) is 5.02 Å². The third-order valence-electron chi connectivity index (χ3n) is 4.58. The highest BCUT2D eigenvalue weighted by Crippen LogP contribution is 2.32. The van der Waals surface area contributed by atoms with Gasteiger partial charge in [0.25, 0.3) is 5.71 Å². The van der Waals surface area contributed by atoms with Gasteiger partial charge in [0.15, 0.2) is 0 Å². The van der Waals surface area contributed by atoms with Gasteiger partial charge in [0.05, 0.1) is 16.1 Å². The van der Waals surface area contributed by atoms with Crippen molar-refractivity contribution in [2.24, 2.45) is 0 Å². The Morgan fingerprint density at radius 2 is 1.90 bits per heavy atom. The molecule has 0 aliphatic heterocycles. The number of halogens is 1. The number of anilines is 1.